The first-order valence-electron chi connectivity index (χ1n) is 7.03. The number of rotatable bonds is 4. The van der Waals surface area contributed by atoms with E-state index in [9.17, 15) is 18.0 Å². The highest BCUT2D eigenvalue weighted by molar-refractivity contribution is 5.96. The lowest BCUT2D eigenvalue weighted by Crippen LogP contribution is -2.10. The number of hydrogen-bond acceptors (Lipinski definition) is 3. The van der Waals surface area contributed by atoms with Crippen LogP contribution in [0.25, 0.3) is 0 Å². The van der Waals surface area contributed by atoms with Gasteiger partial charge in [-0.15, -0.1) is 0 Å². The third-order valence-electron chi connectivity index (χ3n) is 3.64. The minimum Gasteiger partial charge on any atom is -0.454 e. The minimum atomic E-state index is -4.42. The fourth-order valence-electron chi connectivity index (χ4n) is 2.48. The molecule has 6 heteroatoms. The van der Waals surface area contributed by atoms with E-state index >= 15 is 0 Å². The molecule has 120 valence electrons. The van der Waals surface area contributed by atoms with Gasteiger partial charge in [0, 0.05) is 12.0 Å². The molecule has 3 rings (SSSR count). The average Bonchev–Trinajstić information content (AvgIpc) is 2.99. The molecule has 23 heavy (non-hydrogen) atoms. The lowest BCUT2D eigenvalue weighted by molar-refractivity contribution is -0.138. The first-order chi connectivity index (χ1) is 10.9. The first-order valence-corrected chi connectivity index (χ1v) is 7.03. The van der Waals surface area contributed by atoms with E-state index in [1.807, 2.05) is 0 Å². The van der Waals surface area contributed by atoms with Gasteiger partial charge < -0.3 is 9.47 Å². The van der Waals surface area contributed by atoms with Crippen molar-refractivity contribution >= 4 is 5.78 Å². The number of fused-ring (bicyclic) bond motifs is 1. The lowest BCUT2D eigenvalue weighted by atomic mass is 9.98. The van der Waals surface area contributed by atoms with Crippen LogP contribution in [0.3, 0.4) is 0 Å². The molecule has 2 aromatic rings. The summed E-state index contributed by atoms with van der Waals surface area (Å²) in [7, 11) is 0. The van der Waals surface area contributed by atoms with Crippen LogP contribution in [0.15, 0.2) is 42.5 Å². The highest BCUT2D eigenvalue weighted by atomic mass is 19.4. The predicted molar refractivity (Wildman–Crippen MR) is 76.7 cm³/mol. The van der Waals surface area contributed by atoms with Crippen LogP contribution in [0.1, 0.15) is 27.9 Å². The highest BCUT2D eigenvalue weighted by Gasteiger charge is 2.32. The zero-order valence-corrected chi connectivity index (χ0v) is 12.0. The van der Waals surface area contributed by atoms with Gasteiger partial charge >= 0.3 is 6.18 Å². The van der Waals surface area contributed by atoms with Crippen molar-refractivity contribution in [2.75, 3.05) is 6.79 Å². The SMILES string of the molecule is O=C(CCc1ccccc1C(F)(F)F)c1ccc2c(c1)OCO2. The number of halogens is 3. The van der Waals surface area contributed by atoms with Crippen LogP contribution in [-0.4, -0.2) is 12.6 Å². The Hall–Kier alpha value is -2.50. The summed E-state index contributed by atoms with van der Waals surface area (Å²) >= 11 is 0. The Kier molecular flexibility index (Phi) is 3.98. The van der Waals surface area contributed by atoms with Crippen molar-refractivity contribution in [1.29, 1.82) is 0 Å². The summed E-state index contributed by atoms with van der Waals surface area (Å²) in [4.78, 5) is 12.2. The van der Waals surface area contributed by atoms with E-state index in [1.54, 1.807) is 18.2 Å². The van der Waals surface area contributed by atoms with Crippen LogP contribution >= 0.6 is 0 Å². The Labute approximate surface area is 130 Å². The minimum absolute atomic E-state index is 0.00721. The molecule has 1 aliphatic heterocycles. The number of Topliss-reactive ketones (excluding diaryl/α,β-unsaturated/α-hetero) is 1. The summed E-state index contributed by atoms with van der Waals surface area (Å²) in [5, 5.41) is 0. The highest BCUT2D eigenvalue weighted by Crippen LogP contribution is 2.34. The summed E-state index contributed by atoms with van der Waals surface area (Å²) in [5.41, 5.74) is -0.175. The van der Waals surface area contributed by atoms with Crippen molar-refractivity contribution in [3.63, 3.8) is 0 Å². The molecule has 0 atom stereocenters. The van der Waals surface area contributed by atoms with Gasteiger partial charge in [0.1, 0.15) is 0 Å². The number of benzene rings is 2. The van der Waals surface area contributed by atoms with Gasteiger partial charge in [-0.3, -0.25) is 4.79 Å². The standard InChI is InChI=1S/C17H13F3O3/c18-17(19,20)13-4-2-1-3-11(13)5-7-14(21)12-6-8-15-16(9-12)23-10-22-15/h1-4,6,8-9H,5,7,10H2. The van der Waals surface area contributed by atoms with Gasteiger partial charge in [-0.05, 0) is 36.2 Å². The Morgan fingerprint density at radius 1 is 1.04 bits per heavy atom. The maximum absolute atomic E-state index is 12.9. The van der Waals surface area contributed by atoms with Gasteiger partial charge in [-0.25, -0.2) is 0 Å². The van der Waals surface area contributed by atoms with Gasteiger partial charge in [0.15, 0.2) is 17.3 Å². The Morgan fingerprint density at radius 2 is 1.78 bits per heavy atom. The number of aryl methyl sites for hydroxylation is 1. The zero-order valence-electron chi connectivity index (χ0n) is 12.0. The molecule has 0 saturated heterocycles. The Bertz CT molecular complexity index is 738. The van der Waals surface area contributed by atoms with E-state index in [-0.39, 0.29) is 31.0 Å². The van der Waals surface area contributed by atoms with Crippen LogP contribution in [0.2, 0.25) is 0 Å². The second kappa shape index (κ2) is 5.95. The molecule has 0 aromatic heterocycles. The summed E-state index contributed by atoms with van der Waals surface area (Å²) in [6, 6.07) is 10.1. The fourth-order valence-corrected chi connectivity index (χ4v) is 2.48. The topological polar surface area (TPSA) is 35.5 Å². The predicted octanol–water partition coefficient (Wildman–Crippen LogP) is 4.25. The molecule has 0 amide bonds. The normalized spacial score (nSPS) is 13.2. The third kappa shape index (κ3) is 3.31. The molecule has 1 aliphatic rings. The lowest BCUT2D eigenvalue weighted by Gasteiger charge is -2.12. The van der Waals surface area contributed by atoms with Gasteiger partial charge in [-0.1, -0.05) is 18.2 Å². The fraction of sp³-hybridized carbons (Fsp3) is 0.235. The van der Waals surface area contributed by atoms with E-state index in [2.05, 4.69) is 0 Å². The zero-order chi connectivity index (χ0) is 16.4. The quantitative estimate of drug-likeness (QED) is 0.790. The molecule has 0 bridgehead atoms. The monoisotopic (exact) mass is 322 g/mol. The Balaban J connectivity index is 1.73. The van der Waals surface area contributed by atoms with Crippen molar-refractivity contribution in [2.45, 2.75) is 19.0 Å². The van der Waals surface area contributed by atoms with E-state index in [4.69, 9.17) is 9.47 Å². The summed E-state index contributed by atoms with van der Waals surface area (Å²) in [6.45, 7) is 0.103. The molecule has 2 aromatic carbocycles. The number of carbonyl (C=O) groups excluding carboxylic acids is 1. The molecular formula is C17H13F3O3. The number of hydrogen-bond donors (Lipinski definition) is 0. The van der Waals surface area contributed by atoms with Crippen molar-refractivity contribution < 1.29 is 27.4 Å². The molecule has 0 saturated carbocycles. The molecule has 0 N–H and O–H groups in total. The first kappa shape index (κ1) is 15.4. The molecule has 0 unspecified atom stereocenters. The summed E-state index contributed by atoms with van der Waals surface area (Å²) in [6.07, 6.45) is -4.39. The number of alkyl halides is 3. The van der Waals surface area contributed by atoms with Crippen molar-refractivity contribution in [3.8, 4) is 11.5 Å². The van der Waals surface area contributed by atoms with E-state index in [0.29, 0.717) is 17.1 Å². The van der Waals surface area contributed by atoms with E-state index < -0.39 is 11.7 Å². The maximum atomic E-state index is 12.9. The van der Waals surface area contributed by atoms with E-state index in [1.165, 1.54) is 18.2 Å². The number of ether oxygens (including phenoxy) is 2. The third-order valence-corrected chi connectivity index (χ3v) is 3.64. The maximum Gasteiger partial charge on any atom is 0.416 e. The van der Waals surface area contributed by atoms with Crippen LogP contribution in [-0.2, 0) is 12.6 Å². The Morgan fingerprint density at radius 3 is 2.57 bits per heavy atom. The van der Waals surface area contributed by atoms with Gasteiger partial charge in [0.25, 0.3) is 0 Å². The molecule has 0 aliphatic carbocycles. The average molecular weight is 322 g/mol. The molecular weight excluding hydrogens is 309 g/mol. The van der Waals surface area contributed by atoms with Crippen LogP contribution in [0, 0.1) is 0 Å². The molecule has 1 heterocycles. The molecule has 0 radical (unpaired) electrons. The van der Waals surface area contributed by atoms with Crippen molar-refractivity contribution in [1.82, 2.24) is 0 Å². The largest absolute Gasteiger partial charge is 0.454 e. The van der Waals surface area contributed by atoms with Crippen molar-refractivity contribution in [2.24, 2.45) is 0 Å². The molecule has 0 fully saturated rings. The summed E-state index contributed by atoms with van der Waals surface area (Å²) in [5.74, 6) is 0.802. The smallest absolute Gasteiger partial charge is 0.416 e. The van der Waals surface area contributed by atoms with Crippen LogP contribution < -0.4 is 9.47 Å². The van der Waals surface area contributed by atoms with E-state index in [0.717, 1.165) is 6.07 Å². The van der Waals surface area contributed by atoms with Crippen LogP contribution in [0.4, 0.5) is 13.2 Å². The molecule has 3 nitrogen and oxygen atoms in total. The van der Waals surface area contributed by atoms with Gasteiger partial charge in [0.2, 0.25) is 6.79 Å². The van der Waals surface area contributed by atoms with Crippen LogP contribution in [0.5, 0.6) is 11.5 Å². The number of carbonyl (C=O) groups is 1. The second-order valence-electron chi connectivity index (χ2n) is 5.15. The second-order valence-corrected chi connectivity index (χ2v) is 5.15. The summed E-state index contributed by atoms with van der Waals surface area (Å²) < 4.78 is 49.1. The molecule has 0 spiro atoms. The van der Waals surface area contributed by atoms with Gasteiger partial charge in [0.05, 0.1) is 5.56 Å². The van der Waals surface area contributed by atoms with Crippen molar-refractivity contribution in [3.05, 3.63) is 59.2 Å². The van der Waals surface area contributed by atoms with Gasteiger partial charge in [-0.2, -0.15) is 13.2 Å². The number of ketones is 1.